The van der Waals surface area contributed by atoms with Gasteiger partial charge < -0.3 is 5.32 Å². The van der Waals surface area contributed by atoms with Crippen LogP contribution in [0.15, 0.2) is 24.3 Å². The molecule has 0 spiro atoms. The van der Waals surface area contributed by atoms with E-state index < -0.39 is 0 Å². The Balaban J connectivity index is 2.71. The fraction of sp³-hybridized carbons (Fsp3) is 0.222. The number of rotatable bonds is 2. The lowest BCUT2D eigenvalue weighted by Crippen LogP contribution is -2.05. The summed E-state index contributed by atoms with van der Waals surface area (Å²) in [5.74, 6) is 0. The number of benzene rings is 1. The van der Waals surface area contributed by atoms with E-state index in [1.54, 1.807) is 0 Å². The molecule has 11 heavy (non-hydrogen) atoms. The highest BCUT2D eigenvalue weighted by Gasteiger charge is 1.93. The van der Waals surface area contributed by atoms with E-state index in [0.717, 1.165) is 0 Å². The van der Waals surface area contributed by atoms with Crippen molar-refractivity contribution in [1.29, 1.82) is 5.26 Å². The molecule has 1 aromatic carbocycles. The van der Waals surface area contributed by atoms with Gasteiger partial charge in [-0.05, 0) is 18.1 Å². The first kappa shape index (κ1) is 7.62. The Kier molecular flexibility index (Phi) is 2.51. The summed E-state index contributed by atoms with van der Waals surface area (Å²) in [5.41, 5.74) is 2.39. The van der Waals surface area contributed by atoms with Crippen molar-refractivity contribution in [1.82, 2.24) is 5.32 Å². The van der Waals surface area contributed by atoms with Gasteiger partial charge in [0.1, 0.15) is 0 Å². The molecule has 0 aliphatic carbocycles. The standard InChI is InChI=1S/C9H10N2/c1-8-4-2-3-5-9(8)6-11-7-10/h2-5,11H,6H2,1H3. The van der Waals surface area contributed by atoms with Crippen molar-refractivity contribution in [3.05, 3.63) is 35.4 Å². The van der Waals surface area contributed by atoms with E-state index >= 15 is 0 Å². The third-order valence-corrected chi connectivity index (χ3v) is 1.62. The maximum atomic E-state index is 8.26. The number of hydrogen-bond acceptors (Lipinski definition) is 2. The summed E-state index contributed by atoms with van der Waals surface area (Å²) in [6.07, 6.45) is 1.89. The second-order valence-corrected chi connectivity index (χ2v) is 2.39. The lowest BCUT2D eigenvalue weighted by molar-refractivity contribution is 0.876. The molecule has 0 aromatic heterocycles. The summed E-state index contributed by atoms with van der Waals surface area (Å²) in [6, 6.07) is 8.01. The number of nitrogens with zero attached hydrogens (tertiary/aromatic N) is 1. The molecule has 0 bridgehead atoms. The van der Waals surface area contributed by atoms with Crippen molar-refractivity contribution in [3.63, 3.8) is 0 Å². The van der Waals surface area contributed by atoms with Crippen LogP contribution < -0.4 is 5.32 Å². The molecule has 2 heteroatoms. The molecule has 0 atom stereocenters. The average molecular weight is 146 g/mol. The Morgan fingerprint density at radius 2 is 2.18 bits per heavy atom. The molecule has 1 aromatic rings. The molecule has 1 N–H and O–H groups in total. The fourth-order valence-corrected chi connectivity index (χ4v) is 0.943. The van der Waals surface area contributed by atoms with Gasteiger partial charge in [0.25, 0.3) is 0 Å². The largest absolute Gasteiger partial charge is 0.319 e. The van der Waals surface area contributed by atoms with Crippen LogP contribution in [-0.2, 0) is 6.54 Å². The highest BCUT2D eigenvalue weighted by molar-refractivity contribution is 5.25. The maximum absolute atomic E-state index is 8.26. The molecule has 2 nitrogen and oxygen atoms in total. The number of hydrogen-bond donors (Lipinski definition) is 1. The third kappa shape index (κ3) is 1.98. The maximum Gasteiger partial charge on any atom is 0.176 e. The van der Waals surface area contributed by atoms with Crippen molar-refractivity contribution in [3.8, 4) is 6.19 Å². The van der Waals surface area contributed by atoms with Gasteiger partial charge in [-0.1, -0.05) is 24.3 Å². The van der Waals surface area contributed by atoms with Crippen LogP contribution in [0.3, 0.4) is 0 Å². The monoisotopic (exact) mass is 146 g/mol. The minimum Gasteiger partial charge on any atom is -0.319 e. The SMILES string of the molecule is Cc1ccccc1CNC#N. The Hall–Kier alpha value is -1.49. The van der Waals surface area contributed by atoms with Crippen LogP contribution >= 0.6 is 0 Å². The van der Waals surface area contributed by atoms with Crippen LogP contribution in [-0.4, -0.2) is 0 Å². The summed E-state index contributed by atoms with van der Waals surface area (Å²) in [4.78, 5) is 0. The Labute approximate surface area is 66.5 Å². The molecule has 1 rings (SSSR count). The molecular formula is C9H10N2. The first-order chi connectivity index (χ1) is 5.34. The number of nitrogens with one attached hydrogen (secondary N) is 1. The molecule has 0 amide bonds. The number of nitriles is 1. The number of aryl methyl sites for hydroxylation is 1. The lowest BCUT2D eigenvalue weighted by Gasteiger charge is -2.01. The van der Waals surface area contributed by atoms with Crippen molar-refractivity contribution in [2.75, 3.05) is 0 Å². The topological polar surface area (TPSA) is 35.8 Å². The van der Waals surface area contributed by atoms with Gasteiger partial charge in [0.05, 0.1) is 6.54 Å². The van der Waals surface area contributed by atoms with Gasteiger partial charge in [0.15, 0.2) is 6.19 Å². The van der Waals surface area contributed by atoms with Crippen molar-refractivity contribution in [2.24, 2.45) is 0 Å². The molecular weight excluding hydrogens is 136 g/mol. The second-order valence-electron chi connectivity index (χ2n) is 2.39. The molecule has 56 valence electrons. The van der Waals surface area contributed by atoms with E-state index in [2.05, 4.69) is 5.32 Å². The highest BCUT2D eigenvalue weighted by atomic mass is 14.8. The zero-order valence-corrected chi connectivity index (χ0v) is 6.46. The van der Waals surface area contributed by atoms with Gasteiger partial charge in [0.2, 0.25) is 0 Å². The normalized spacial score (nSPS) is 8.73. The first-order valence-corrected chi connectivity index (χ1v) is 3.51. The van der Waals surface area contributed by atoms with E-state index in [1.165, 1.54) is 11.1 Å². The minimum absolute atomic E-state index is 0.628. The Bertz CT molecular complexity index is 273. The van der Waals surface area contributed by atoms with E-state index in [4.69, 9.17) is 5.26 Å². The molecule has 0 aliphatic heterocycles. The second kappa shape index (κ2) is 3.62. The highest BCUT2D eigenvalue weighted by Crippen LogP contribution is 2.05. The van der Waals surface area contributed by atoms with Crippen molar-refractivity contribution < 1.29 is 0 Å². The van der Waals surface area contributed by atoms with Gasteiger partial charge in [-0.15, -0.1) is 0 Å². The van der Waals surface area contributed by atoms with E-state index in [9.17, 15) is 0 Å². The predicted molar refractivity (Wildman–Crippen MR) is 43.6 cm³/mol. The summed E-state index contributed by atoms with van der Waals surface area (Å²) >= 11 is 0. The fourth-order valence-electron chi connectivity index (χ4n) is 0.943. The summed E-state index contributed by atoms with van der Waals surface area (Å²) in [5, 5.41) is 10.9. The molecule has 0 saturated carbocycles. The van der Waals surface area contributed by atoms with Gasteiger partial charge in [-0.3, -0.25) is 0 Å². The minimum atomic E-state index is 0.628. The van der Waals surface area contributed by atoms with E-state index in [-0.39, 0.29) is 0 Å². The molecule has 0 saturated heterocycles. The van der Waals surface area contributed by atoms with Crippen molar-refractivity contribution >= 4 is 0 Å². The molecule has 0 heterocycles. The molecule has 0 radical (unpaired) electrons. The first-order valence-electron chi connectivity index (χ1n) is 3.51. The van der Waals surface area contributed by atoms with E-state index in [1.807, 2.05) is 37.4 Å². The zero-order chi connectivity index (χ0) is 8.10. The van der Waals surface area contributed by atoms with Crippen LogP contribution in [0.2, 0.25) is 0 Å². The molecule has 0 fully saturated rings. The van der Waals surface area contributed by atoms with Crippen LogP contribution in [0.5, 0.6) is 0 Å². The smallest absolute Gasteiger partial charge is 0.176 e. The summed E-state index contributed by atoms with van der Waals surface area (Å²) in [7, 11) is 0. The summed E-state index contributed by atoms with van der Waals surface area (Å²) in [6.45, 7) is 2.66. The molecule has 0 aliphatic rings. The lowest BCUT2D eigenvalue weighted by atomic mass is 10.1. The Morgan fingerprint density at radius 3 is 2.82 bits per heavy atom. The summed E-state index contributed by atoms with van der Waals surface area (Å²) < 4.78 is 0. The van der Waals surface area contributed by atoms with Crippen LogP contribution in [0.4, 0.5) is 0 Å². The molecule has 0 unspecified atom stereocenters. The third-order valence-electron chi connectivity index (χ3n) is 1.62. The quantitative estimate of drug-likeness (QED) is 0.507. The van der Waals surface area contributed by atoms with Crippen molar-refractivity contribution in [2.45, 2.75) is 13.5 Å². The van der Waals surface area contributed by atoms with Gasteiger partial charge in [-0.2, -0.15) is 5.26 Å². The van der Waals surface area contributed by atoms with E-state index in [0.29, 0.717) is 6.54 Å². The van der Waals surface area contributed by atoms with Crippen LogP contribution in [0, 0.1) is 18.4 Å². The van der Waals surface area contributed by atoms with Crippen LogP contribution in [0.25, 0.3) is 0 Å². The van der Waals surface area contributed by atoms with Gasteiger partial charge >= 0.3 is 0 Å². The van der Waals surface area contributed by atoms with Gasteiger partial charge in [0, 0.05) is 0 Å². The zero-order valence-electron chi connectivity index (χ0n) is 6.46. The average Bonchev–Trinajstić information content (AvgIpc) is 2.03. The predicted octanol–water partition coefficient (Wildman–Crippen LogP) is 1.57. The van der Waals surface area contributed by atoms with Crippen LogP contribution in [0.1, 0.15) is 11.1 Å². The van der Waals surface area contributed by atoms with Gasteiger partial charge in [-0.25, -0.2) is 0 Å². The Morgan fingerprint density at radius 1 is 1.45 bits per heavy atom.